The molecule has 148 valence electrons. The average Bonchev–Trinajstić information content (AvgIpc) is 3.10. The van der Waals surface area contributed by atoms with E-state index < -0.39 is 29.2 Å². The second-order valence-corrected chi connectivity index (χ2v) is 7.60. The van der Waals surface area contributed by atoms with Crippen molar-refractivity contribution in [2.45, 2.75) is 18.0 Å². The summed E-state index contributed by atoms with van der Waals surface area (Å²) in [5.74, 6) is -1.84. The fourth-order valence-electron chi connectivity index (χ4n) is 3.82. The van der Waals surface area contributed by atoms with Crippen LogP contribution in [-0.2, 0) is 10.2 Å². The molecule has 1 fully saturated rings. The Balaban J connectivity index is 1.39. The van der Waals surface area contributed by atoms with Crippen LogP contribution < -0.4 is 5.32 Å². The van der Waals surface area contributed by atoms with Gasteiger partial charge in [-0.3, -0.25) is 20.0 Å². The largest absolute Gasteiger partial charge is 0.328 e. The molecule has 1 aliphatic carbocycles. The van der Waals surface area contributed by atoms with Crippen LogP contribution in [0.15, 0.2) is 24.5 Å². The van der Waals surface area contributed by atoms with Gasteiger partial charge in [-0.2, -0.15) is 10.1 Å². The zero-order chi connectivity index (χ0) is 20.3. The lowest BCUT2D eigenvalue weighted by molar-refractivity contribution is -0.117. The maximum atomic E-state index is 14.6. The molecule has 2 N–H and O–H groups in total. The first-order chi connectivity index (χ1) is 13.9. The number of H-pyrrole nitrogens is 1. The summed E-state index contributed by atoms with van der Waals surface area (Å²) in [6.07, 6.45) is 1.79. The van der Waals surface area contributed by atoms with Crippen LogP contribution in [0, 0.1) is 5.82 Å². The molecule has 1 aromatic carbocycles. The Morgan fingerprint density at radius 2 is 2.21 bits per heavy atom. The summed E-state index contributed by atoms with van der Waals surface area (Å²) in [4.78, 5) is 34.6. The highest BCUT2D eigenvalue weighted by molar-refractivity contribution is 6.31. The lowest BCUT2D eigenvalue weighted by Crippen LogP contribution is -2.48. The summed E-state index contributed by atoms with van der Waals surface area (Å²) in [5.41, 5.74) is -0.680. The van der Waals surface area contributed by atoms with Crippen molar-refractivity contribution in [1.29, 1.82) is 0 Å². The smallest absolute Gasteiger partial charge is 0.254 e. The molecule has 2 atom stereocenters. The number of alkyl halides is 1. The molecule has 1 saturated carbocycles. The van der Waals surface area contributed by atoms with Crippen molar-refractivity contribution in [3.63, 3.8) is 0 Å². The SMILES string of the molecule is O=C(CN1C[C@]2(C[C@H]2F)c2c(ccc(Cl)c2F)C1=O)Nc1ncc2cn[nH]c2n1. The number of hydrogen-bond acceptors (Lipinski definition) is 5. The Morgan fingerprint density at radius 3 is 2.97 bits per heavy atom. The molecular formula is C18H13ClF2N6O2. The minimum Gasteiger partial charge on any atom is -0.328 e. The highest BCUT2D eigenvalue weighted by atomic mass is 35.5. The molecule has 1 aliphatic heterocycles. The van der Waals surface area contributed by atoms with Crippen LogP contribution in [0.25, 0.3) is 11.0 Å². The van der Waals surface area contributed by atoms with E-state index in [1.165, 1.54) is 23.2 Å². The van der Waals surface area contributed by atoms with E-state index in [0.29, 0.717) is 11.0 Å². The van der Waals surface area contributed by atoms with Crippen LogP contribution >= 0.6 is 11.6 Å². The summed E-state index contributed by atoms with van der Waals surface area (Å²) in [6, 6.07) is 2.63. The molecule has 2 aromatic heterocycles. The Bertz CT molecular complexity index is 1180. The van der Waals surface area contributed by atoms with Crippen LogP contribution in [0.4, 0.5) is 14.7 Å². The Morgan fingerprint density at radius 1 is 1.41 bits per heavy atom. The molecule has 0 bridgehead atoms. The fraction of sp³-hybridized carbons (Fsp3) is 0.278. The molecule has 8 nitrogen and oxygen atoms in total. The standard InChI is InChI=1S/C18H13ClF2N6O2/c19-10-2-1-9-13(14(10)21)18(3-11(18)20)7-27(16(9)29)6-12(28)24-17-22-4-8-5-23-26-15(8)25-17/h1-2,4-5,11H,3,6-7H2,(H2,22,23,24,25,26,28)/t11-,18+/m1/s1. The van der Waals surface area contributed by atoms with Crippen molar-refractivity contribution in [3.05, 3.63) is 46.5 Å². The maximum absolute atomic E-state index is 14.6. The highest BCUT2D eigenvalue weighted by Crippen LogP contribution is 2.55. The maximum Gasteiger partial charge on any atom is 0.254 e. The summed E-state index contributed by atoms with van der Waals surface area (Å²) in [5, 5.41) is 9.50. The number of aromatic nitrogens is 4. The third-order valence-electron chi connectivity index (χ3n) is 5.34. The summed E-state index contributed by atoms with van der Waals surface area (Å²) >= 11 is 5.83. The normalized spacial score (nSPS) is 22.8. The van der Waals surface area contributed by atoms with Gasteiger partial charge in [0.2, 0.25) is 11.9 Å². The number of aromatic amines is 1. The molecule has 0 radical (unpaired) electrons. The molecular weight excluding hydrogens is 406 g/mol. The topological polar surface area (TPSA) is 104 Å². The summed E-state index contributed by atoms with van der Waals surface area (Å²) in [6.45, 7) is -0.452. The van der Waals surface area contributed by atoms with Crippen LogP contribution in [0.5, 0.6) is 0 Å². The fourth-order valence-corrected chi connectivity index (χ4v) is 3.98. The predicted molar refractivity (Wildman–Crippen MR) is 98.8 cm³/mol. The van der Waals surface area contributed by atoms with Gasteiger partial charge in [-0.25, -0.2) is 13.8 Å². The van der Waals surface area contributed by atoms with Crippen molar-refractivity contribution in [2.24, 2.45) is 0 Å². The van der Waals surface area contributed by atoms with Gasteiger partial charge in [0, 0.05) is 23.9 Å². The molecule has 5 rings (SSSR count). The molecule has 11 heteroatoms. The number of fused-ring (bicyclic) bond motifs is 3. The van der Waals surface area contributed by atoms with Crippen LogP contribution in [-0.4, -0.2) is 56.1 Å². The number of nitrogens with one attached hydrogen (secondary N) is 2. The van der Waals surface area contributed by atoms with E-state index in [-0.39, 0.29) is 41.6 Å². The lowest BCUT2D eigenvalue weighted by Gasteiger charge is -2.34. The molecule has 3 heterocycles. The second kappa shape index (κ2) is 6.18. The van der Waals surface area contributed by atoms with Crippen molar-refractivity contribution in [3.8, 4) is 0 Å². The minimum absolute atomic E-state index is 0.00666. The van der Waals surface area contributed by atoms with Gasteiger partial charge in [-0.15, -0.1) is 0 Å². The van der Waals surface area contributed by atoms with E-state index in [2.05, 4.69) is 25.5 Å². The summed E-state index contributed by atoms with van der Waals surface area (Å²) < 4.78 is 28.8. The second-order valence-electron chi connectivity index (χ2n) is 7.19. The summed E-state index contributed by atoms with van der Waals surface area (Å²) in [7, 11) is 0. The van der Waals surface area contributed by atoms with Crippen LogP contribution in [0.3, 0.4) is 0 Å². The van der Waals surface area contributed by atoms with E-state index in [1.807, 2.05) is 0 Å². The lowest BCUT2D eigenvalue weighted by atomic mass is 9.85. The zero-order valence-electron chi connectivity index (χ0n) is 14.7. The van der Waals surface area contributed by atoms with E-state index in [9.17, 15) is 18.4 Å². The molecule has 0 saturated heterocycles. The number of rotatable bonds is 3. The monoisotopic (exact) mass is 418 g/mol. The minimum atomic E-state index is -1.31. The van der Waals surface area contributed by atoms with Crippen molar-refractivity contribution in [1.82, 2.24) is 25.1 Å². The van der Waals surface area contributed by atoms with Gasteiger partial charge in [-0.05, 0) is 18.6 Å². The first kappa shape index (κ1) is 17.9. The van der Waals surface area contributed by atoms with Crippen molar-refractivity contribution >= 4 is 40.4 Å². The van der Waals surface area contributed by atoms with Crippen LogP contribution in [0.2, 0.25) is 5.02 Å². The van der Waals surface area contributed by atoms with Gasteiger partial charge in [0.15, 0.2) is 5.65 Å². The molecule has 1 spiro atoms. The third kappa shape index (κ3) is 2.74. The first-order valence-electron chi connectivity index (χ1n) is 8.77. The van der Waals surface area contributed by atoms with Gasteiger partial charge < -0.3 is 4.90 Å². The first-order valence-corrected chi connectivity index (χ1v) is 9.14. The number of benzene rings is 1. The van der Waals surface area contributed by atoms with Gasteiger partial charge in [0.05, 0.1) is 22.0 Å². The number of amides is 2. The van der Waals surface area contributed by atoms with E-state index >= 15 is 0 Å². The quantitative estimate of drug-likeness (QED) is 0.678. The van der Waals surface area contributed by atoms with Crippen molar-refractivity contribution in [2.75, 3.05) is 18.4 Å². The number of carbonyl (C=O) groups excluding carboxylic acids is 2. The molecule has 0 unspecified atom stereocenters. The average molecular weight is 419 g/mol. The number of hydrogen-bond donors (Lipinski definition) is 2. The van der Waals surface area contributed by atoms with Gasteiger partial charge in [-0.1, -0.05) is 11.6 Å². The molecule has 3 aromatic rings. The molecule has 2 aliphatic rings. The Labute approximate surface area is 167 Å². The predicted octanol–water partition coefficient (Wildman–Crippen LogP) is 2.22. The van der Waals surface area contributed by atoms with Crippen LogP contribution in [0.1, 0.15) is 22.3 Å². The number of carbonyl (C=O) groups is 2. The Hall–Kier alpha value is -3.14. The van der Waals surface area contributed by atoms with Gasteiger partial charge in [0.1, 0.15) is 18.5 Å². The van der Waals surface area contributed by atoms with Crippen molar-refractivity contribution < 1.29 is 18.4 Å². The number of nitrogens with zero attached hydrogens (tertiary/aromatic N) is 4. The van der Waals surface area contributed by atoms with Gasteiger partial charge in [0.25, 0.3) is 5.91 Å². The Kier molecular flexibility index (Phi) is 3.82. The zero-order valence-corrected chi connectivity index (χ0v) is 15.5. The van der Waals surface area contributed by atoms with E-state index in [0.717, 1.165) is 0 Å². The molecule has 2 amide bonds. The van der Waals surface area contributed by atoms with E-state index in [4.69, 9.17) is 11.6 Å². The highest BCUT2D eigenvalue weighted by Gasteiger charge is 2.62. The van der Waals surface area contributed by atoms with Gasteiger partial charge >= 0.3 is 0 Å². The van der Waals surface area contributed by atoms with E-state index in [1.54, 1.807) is 6.20 Å². The number of anilines is 1. The number of halogens is 3. The third-order valence-corrected chi connectivity index (χ3v) is 5.64. The molecule has 29 heavy (non-hydrogen) atoms.